The summed E-state index contributed by atoms with van der Waals surface area (Å²) in [5, 5.41) is 4.14. The van der Waals surface area contributed by atoms with Gasteiger partial charge in [0, 0.05) is 13.0 Å². The van der Waals surface area contributed by atoms with Crippen LogP contribution in [-0.4, -0.2) is 36.2 Å². The van der Waals surface area contributed by atoms with Crippen molar-refractivity contribution in [3.05, 3.63) is 65.2 Å². The summed E-state index contributed by atoms with van der Waals surface area (Å²) in [6.45, 7) is 12.1. The minimum atomic E-state index is -1.04. The van der Waals surface area contributed by atoms with Crippen molar-refractivity contribution >= 4 is 23.7 Å². The molecule has 2 amide bonds. The van der Waals surface area contributed by atoms with Crippen LogP contribution in [0.25, 0.3) is 0 Å². The summed E-state index contributed by atoms with van der Waals surface area (Å²) < 4.78 is 10.8. The molecule has 2 rings (SSSR count). The molecule has 2 aromatic carbocycles. The Morgan fingerprint density at radius 3 is 2.32 bits per heavy atom. The third kappa shape index (κ3) is 10.9. The number of ether oxygens (including phenoxy) is 2. The molecule has 0 bridgehead atoms. The highest BCUT2D eigenvalue weighted by molar-refractivity contribution is 5.93. The lowest BCUT2D eigenvalue weighted by Crippen LogP contribution is -2.47. The first-order chi connectivity index (χ1) is 18.0. The van der Waals surface area contributed by atoms with Gasteiger partial charge < -0.3 is 14.8 Å². The van der Waals surface area contributed by atoms with E-state index in [-0.39, 0.29) is 25.4 Å². The Morgan fingerprint density at radius 2 is 1.68 bits per heavy atom. The van der Waals surface area contributed by atoms with Crippen molar-refractivity contribution in [3.63, 3.8) is 0 Å². The van der Waals surface area contributed by atoms with Crippen LogP contribution < -0.4 is 15.8 Å². The largest absolute Gasteiger partial charge is 0.459 e. The number of amides is 2. The van der Waals surface area contributed by atoms with Crippen molar-refractivity contribution in [2.75, 3.05) is 11.6 Å². The minimum Gasteiger partial charge on any atom is -0.459 e. The van der Waals surface area contributed by atoms with E-state index in [1.807, 2.05) is 62.4 Å². The second-order valence-corrected chi connectivity index (χ2v) is 10.4. The molecular formula is C30H43N3O5. The standard InChI is InChI=1S/C30H43N3O5/c1-7-8-12-19-31-33(25-16-15-22(2)23(3)20-25)27(34)18-17-26(32-29(36)38-30(4,5)6)28(35)37-21-24-13-10-9-11-14-24/h9-11,13-16,20,26,31H,7-8,12,17-19,21H2,1-6H3,(H,32,36). The number of aryl methyl sites for hydroxylation is 2. The number of esters is 1. The van der Waals surface area contributed by atoms with Crippen LogP contribution >= 0.6 is 0 Å². The van der Waals surface area contributed by atoms with E-state index in [2.05, 4.69) is 17.7 Å². The summed E-state index contributed by atoms with van der Waals surface area (Å²) in [6.07, 6.45) is 2.38. The zero-order valence-corrected chi connectivity index (χ0v) is 23.6. The Morgan fingerprint density at radius 1 is 0.974 bits per heavy atom. The Hall–Kier alpha value is -3.39. The number of hydrazine groups is 1. The first-order valence-corrected chi connectivity index (χ1v) is 13.3. The second kappa shape index (κ2) is 15.1. The lowest BCUT2D eigenvalue weighted by Gasteiger charge is -2.26. The van der Waals surface area contributed by atoms with Crippen molar-refractivity contribution < 1.29 is 23.9 Å². The van der Waals surface area contributed by atoms with Crippen molar-refractivity contribution in [3.8, 4) is 0 Å². The van der Waals surface area contributed by atoms with Gasteiger partial charge in [0.25, 0.3) is 0 Å². The van der Waals surface area contributed by atoms with Gasteiger partial charge >= 0.3 is 12.1 Å². The Balaban J connectivity index is 2.14. The number of hydrogen-bond donors (Lipinski definition) is 2. The highest BCUT2D eigenvalue weighted by atomic mass is 16.6. The Bertz CT molecular complexity index is 1050. The van der Waals surface area contributed by atoms with Crippen LogP contribution in [-0.2, 0) is 25.7 Å². The van der Waals surface area contributed by atoms with Crippen LogP contribution in [0.1, 0.15) is 76.5 Å². The number of unbranched alkanes of at least 4 members (excludes halogenated alkanes) is 2. The van der Waals surface area contributed by atoms with Gasteiger partial charge in [-0.1, -0.05) is 56.2 Å². The molecule has 208 valence electrons. The van der Waals surface area contributed by atoms with E-state index in [1.54, 1.807) is 25.8 Å². The smallest absolute Gasteiger partial charge is 0.408 e. The summed E-state index contributed by atoms with van der Waals surface area (Å²) in [6, 6.07) is 14.1. The van der Waals surface area contributed by atoms with Gasteiger partial charge in [0.15, 0.2) is 0 Å². The number of rotatable bonds is 13. The molecule has 0 heterocycles. The molecule has 1 atom stereocenters. The fraction of sp³-hybridized carbons (Fsp3) is 0.500. The number of carbonyl (C=O) groups excluding carboxylic acids is 3. The van der Waals surface area contributed by atoms with E-state index in [4.69, 9.17) is 9.47 Å². The molecule has 1 unspecified atom stereocenters. The molecular weight excluding hydrogens is 482 g/mol. The maximum atomic E-state index is 13.4. The fourth-order valence-corrected chi connectivity index (χ4v) is 3.66. The maximum absolute atomic E-state index is 13.4. The molecule has 38 heavy (non-hydrogen) atoms. The topological polar surface area (TPSA) is 97.0 Å². The lowest BCUT2D eigenvalue weighted by atomic mass is 10.1. The van der Waals surface area contributed by atoms with Crippen LogP contribution in [0.2, 0.25) is 0 Å². The first kappa shape index (κ1) is 30.8. The van der Waals surface area contributed by atoms with Crippen molar-refractivity contribution in [1.29, 1.82) is 0 Å². The Labute approximate surface area is 227 Å². The summed E-state index contributed by atoms with van der Waals surface area (Å²) in [5.74, 6) is -0.835. The number of anilines is 1. The molecule has 0 aromatic heterocycles. The number of hydrogen-bond acceptors (Lipinski definition) is 6. The van der Waals surface area contributed by atoms with Crippen LogP contribution in [0, 0.1) is 13.8 Å². The van der Waals surface area contributed by atoms with E-state index in [9.17, 15) is 14.4 Å². The summed E-state index contributed by atoms with van der Waals surface area (Å²) >= 11 is 0. The van der Waals surface area contributed by atoms with Crippen LogP contribution in [0.5, 0.6) is 0 Å². The van der Waals surface area contributed by atoms with Crippen molar-refractivity contribution in [2.24, 2.45) is 0 Å². The molecule has 0 aliphatic carbocycles. The van der Waals surface area contributed by atoms with Crippen LogP contribution in [0.4, 0.5) is 10.5 Å². The van der Waals surface area contributed by atoms with E-state index in [0.717, 1.165) is 41.6 Å². The van der Waals surface area contributed by atoms with Crippen molar-refractivity contribution in [2.45, 2.75) is 91.9 Å². The summed E-state index contributed by atoms with van der Waals surface area (Å²) in [5.41, 5.74) is 6.28. The number of alkyl carbamates (subject to hydrolysis) is 1. The molecule has 8 nitrogen and oxygen atoms in total. The summed E-state index contributed by atoms with van der Waals surface area (Å²) in [4.78, 5) is 38.8. The molecule has 0 radical (unpaired) electrons. The lowest BCUT2D eigenvalue weighted by molar-refractivity contribution is -0.147. The molecule has 0 aliphatic rings. The first-order valence-electron chi connectivity index (χ1n) is 13.3. The zero-order valence-electron chi connectivity index (χ0n) is 23.6. The van der Waals surface area contributed by atoms with Gasteiger partial charge in [-0.3, -0.25) is 4.79 Å². The highest BCUT2D eigenvalue weighted by Crippen LogP contribution is 2.19. The van der Waals surface area contributed by atoms with Gasteiger partial charge in [-0.05, 0) is 76.3 Å². The van der Waals surface area contributed by atoms with E-state index < -0.39 is 23.7 Å². The van der Waals surface area contributed by atoms with Crippen LogP contribution in [0.3, 0.4) is 0 Å². The highest BCUT2D eigenvalue weighted by Gasteiger charge is 2.27. The molecule has 8 heteroatoms. The van der Waals surface area contributed by atoms with E-state index in [1.165, 1.54) is 0 Å². The van der Waals surface area contributed by atoms with Gasteiger partial charge in [-0.2, -0.15) is 0 Å². The molecule has 0 fully saturated rings. The number of carbonyl (C=O) groups is 3. The predicted octanol–water partition coefficient (Wildman–Crippen LogP) is 5.75. The van der Waals surface area contributed by atoms with Crippen molar-refractivity contribution in [1.82, 2.24) is 10.7 Å². The molecule has 0 aliphatic heterocycles. The molecule has 0 spiro atoms. The second-order valence-electron chi connectivity index (χ2n) is 10.4. The average molecular weight is 526 g/mol. The van der Waals surface area contributed by atoms with Gasteiger partial charge in [0.1, 0.15) is 18.2 Å². The fourth-order valence-electron chi connectivity index (χ4n) is 3.66. The third-order valence-corrected chi connectivity index (χ3v) is 5.89. The van der Waals surface area contributed by atoms with E-state index >= 15 is 0 Å². The predicted molar refractivity (Wildman–Crippen MR) is 150 cm³/mol. The van der Waals surface area contributed by atoms with Gasteiger partial charge in [-0.15, -0.1) is 0 Å². The molecule has 2 aromatic rings. The number of nitrogens with zero attached hydrogens (tertiary/aromatic N) is 1. The van der Waals surface area contributed by atoms with Gasteiger partial charge in [0.05, 0.1) is 5.69 Å². The molecule has 0 saturated carbocycles. The SMILES string of the molecule is CCCCCNN(C(=O)CCC(NC(=O)OC(C)(C)C)C(=O)OCc1ccccc1)c1ccc(C)c(C)c1. The van der Waals surface area contributed by atoms with E-state index in [0.29, 0.717) is 6.54 Å². The summed E-state index contributed by atoms with van der Waals surface area (Å²) in [7, 11) is 0. The normalized spacial score (nSPS) is 11.9. The molecule has 2 N–H and O–H groups in total. The number of benzene rings is 2. The van der Waals surface area contributed by atoms with Gasteiger partial charge in [0.2, 0.25) is 5.91 Å². The number of nitrogens with one attached hydrogen (secondary N) is 2. The van der Waals surface area contributed by atoms with Crippen LogP contribution in [0.15, 0.2) is 48.5 Å². The zero-order chi connectivity index (χ0) is 28.1. The minimum absolute atomic E-state index is 0.00854. The van der Waals surface area contributed by atoms with Gasteiger partial charge in [-0.25, -0.2) is 20.0 Å². The maximum Gasteiger partial charge on any atom is 0.408 e. The quantitative estimate of drug-likeness (QED) is 0.196. The monoisotopic (exact) mass is 525 g/mol. The third-order valence-electron chi connectivity index (χ3n) is 5.89. The molecule has 0 saturated heterocycles. The average Bonchev–Trinajstić information content (AvgIpc) is 2.86. The Kier molecular flexibility index (Phi) is 12.3.